The Morgan fingerprint density at radius 2 is 2.03 bits per heavy atom. The van der Waals surface area contributed by atoms with Crippen molar-refractivity contribution in [1.29, 1.82) is 0 Å². The van der Waals surface area contributed by atoms with Crippen LogP contribution in [0.5, 0.6) is 0 Å². The molecule has 0 saturated carbocycles. The fourth-order valence-electron chi connectivity index (χ4n) is 3.18. The molecule has 1 amide bonds. The van der Waals surface area contributed by atoms with E-state index < -0.39 is 30.4 Å². The molecule has 29 heavy (non-hydrogen) atoms. The number of esters is 1. The van der Waals surface area contributed by atoms with E-state index in [-0.39, 0.29) is 18.4 Å². The van der Waals surface area contributed by atoms with Crippen molar-refractivity contribution in [2.24, 2.45) is 5.92 Å². The lowest BCUT2D eigenvalue weighted by Crippen LogP contribution is -2.36. The molecule has 0 aromatic heterocycles. The quantitative estimate of drug-likeness (QED) is 0.243. The number of methoxy groups -OCH3 is 1. The molecule has 0 spiro atoms. The van der Waals surface area contributed by atoms with Gasteiger partial charge in [0, 0.05) is 32.2 Å². The predicted octanol–water partition coefficient (Wildman–Crippen LogP) is 3.70. The summed E-state index contributed by atoms with van der Waals surface area (Å²) >= 11 is 0. The molecule has 164 valence electrons. The highest BCUT2D eigenvalue weighted by atomic mass is 19.3. The van der Waals surface area contributed by atoms with Gasteiger partial charge in [0.2, 0.25) is 0 Å². The Morgan fingerprint density at radius 1 is 1.34 bits per heavy atom. The third-order valence-electron chi connectivity index (χ3n) is 5.04. The van der Waals surface area contributed by atoms with E-state index in [4.69, 9.17) is 0 Å². The van der Waals surface area contributed by atoms with Crippen molar-refractivity contribution in [3.63, 3.8) is 0 Å². The molecule has 0 bridgehead atoms. The average molecular weight is 414 g/mol. The number of hydrogen-bond donors (Lipinski definition) is 1. The number of aliphatic hydroxyl groups is 1. The smallest absolute Gasteiger partial charge is 0.327 e. The third-order valence-corrected chi connectivity index (χ3v) is 5.04. The molecule has 1 aliphatic heterocycles. The molecule has 1 fully saturated rings. The summed E-state index contributed by atoms with van der Waals surface area (Å²) in [5, 5.41) is 10.2. The SMILES string of the molecule is CCC#CC[C@H](C)[C@@H](O)/C=C/[C@H]1CC(F)(F)C(=O)N1CCCCCCC(=O)OC. The highest BCUT2D eigenvalue weighted by molar-refractivity contribution is 5.86. The van der Waals surface area contributed by atoms with Crippen LogP contribution in [-0.4, -0.2) is 53.6 Å². The van der Waals surface area contributed by atoms with E-state index in [0.29, 0.717) is 25.7 Å². The standard InChI is InChI=1S/C22H33F2NO4/c1-4-5-8-11-17(2)19(26)14-13-18-16-22(23,24)21(28)25(18)15-10-7-6-9-12-20(27)29-3/h13-14,17-19,26H,4,6-7,9-12,15-16H2,1-3H3/b14-13+/t17-,18-,19-/m0/s1. The van der Waals surface area contributed by atoms with Crippen LogP contribution in [0.2, 0.25) is 0 Å². The van der Waals surface area contributed by atoms with Gasteiger partial charge in [-0.05, 0) is 18.8 Å². The highest BCUT2D eigenvalue weighted by Gasteiger charge is 2.52. The van der Waals surface area contributed by atoms with Gasteiger partial charge in [-0.1, -0.05) is 38.8 Å². The molecular weight excluding hydrogens is 380 g/mol. The second kappa shape index (κ2) is 12.6. The van der Waals surface area contributed by atoms with Crippen molar-refractivity contribution in [1.82, 2.24) is 4.90 Å². The van der Waals surface area contributed by atoms with Gasteiger partial charge in [0.05, 0.1) is 19.3 Å². The number of nitrogens with zero attached hydrogens (tertiary/aromatic N) is 1. The Balaban J connectivity index is 2.56. The Bertz CT molecular complexity index is 624. The van der Waals surface area contributed by atoms with Crippen molar-refractivity contribution < 1.29 is 28.2 Å². The van der Waals surface area contributed by atoms with Crippen molar-refractivity contribution >= 4 is 11.9 Å². The van der Waals surface area contributed by atoms with Crippen molar-refractivity contribution in [3.05, 3.63) is 12.2 Å². The Morgan fingerprint density at radius 3 is 2.69 bits per heavy atom. The summed E-state index contributed by atoms with van der Waals surface area (Å²) in [6.07, 6.45) is 6.01. The van der Waals surface area contributed by atoms with Crippen LogP contribution in [0.25, 0.3) is 0 Å². The van der Waals surface area contributed by atoms with Gasteiger partial charge in [0.25, 0.3) is 5.91 Å². The van der Waals surface area contributed by atoms with E-state index in [1.165, 1.54) is 24.2 Å². The average Bonchev–Trinajstić information content (AvgIpc) is 2.91. The fraction of sp³-hybridized carbons (Fsp3) is 0.727. The number of alkyl halides is 2. The molecule has 1 aliphatic rings. The Labute approximate surface area is 172 Å². The first-order valence-corrected chi connectivity index (χ1v) is 10.3. The number of amides is 1. The largest absolute Gasteiger partial charge is 0.469 e. The molecule has 1 saturated heterocycles. The van der Waals surface area contributed by atoms with Gasteiger partial charge in [0.15, 0.2) is 0 Å². The molecular formula is C22H33F2NO4. The number of likely N-dealkylation sites (tertiary alicyclic amines) is 1. The van der Waals surface area contributed by atoms with Crippen LogP contribution in [0.3, 0.4) is 0 Å². The number of carbonyl (C=O) groups is 2. The molecule has 0 aliphatic carbocycles. The molecule has 5 nitrogen and oxygen atoms in total. The maximum absolute atomic E-state index is 13.9. The molecule has 7 heteroatoms. The van der Waals surface area contributed by atoms with Crippen molar-refractivity contribution in [2.75, 3.05) is 13.7 Å². The minimum atomic E-state index is -3.37. The van der Waals surface area contributed by atoms with Crippen molar-refractivity contribution in [2.45, 2.75) is 83.3 Å². The van der Waals surface area contributed by atoms with Crippen LogP contribution in [0.4, 0.5) is 8.78 Å². The van der Waals surface area contributed by atoms with Crippen LogP contribution in [0.1, 0.15) is 65.2 Å². The maximum atomic E-state index is 13.9. The van der Waals surface area contributed by atoms with Gasteiger partial charge < -0.3 is 14.7 Å². The van der Waals surface area contributed by atoms with Crippen LogP contribution in [-0.2, 0) is 14.3 Å². The van der Waals surface area contributed by atoms with Crippen molar-refractivity contribution in [3.8, 4) is 11.8 Å². The predicted molar refractivity (Wildman–Crippen MR) is 107 cm³/mol. The van der Waals surface area contributed by atoms with Gasteiger partial charge in [-0.3, -0.25) is 9.59 Å². The second-order valence-corrected chi connectivity index (χ2v) is 7.48. The lowest BCUT2D eigenvalue weighted by Gasteiger charge is -2.22. The summed E-state index contributed by atoms with van der Waals surface area (Å²) < 4.78 is 32.4. The number of rotatable bonds is 11. The Hall–Kier alpha value is -1.94. The summed E-state index contributed by atoms with van der Waals surface area (Å²) in [5.74, 6) is 0.998. The minimum Gasteiger partial charge on any atom is -0.469 e. The zero-order valence-corrected chi connectivity index (χ0v) is 17.6. The first-order chi connectivity index (χ1) is 13.7. The lowest BCUT2D eigenvalue weighted by atomic mass is 9.99. The lowest BCUT2D eigenvalue weighted by molar-refractivity contribution is -0.148. The Kier molecular flexibility index (Phi) is 10.9. The summed E-state index contributed by atoms with van der Waals surface area (Å²) in [6.45, 7) is 4.02. The van der Waals surface area contributed by atoms with E-state index in [9.17, 15) is 23.5 Å². The molecule has 0 unspecified atom stereocenters. The number of carbonyl (C=O) groups excluding carboxylic acids is 2. The molecule has 0 radical (unpaired) electrons. The van der Waals surface area contributed by atoms with Gasteiger partial charge in [-0.2, -0.15) is 8.78 Å². The van der Waals surface area contributed by atoms with E-state index in [2.05, 4.69) is 16.6 Å². The van der Waals surface area contributed by atoms with Gasteiger partial charge in [0.1, 0.15) is 0 Å². The summed E-state index contributed by atoms with van der Waals surface area (Å²) in [7, 11) is 1.34. The van der Waals surface area contributed by atoms with Crippen LogP contribution >= 0.6 is 0 Å². The fourth-order valence-corrected chi connectivity index (χ4v) is 3.18. The zero-order chi connectivity index (χ0) is 21.9. The van der Waals surface area contributed by atoms with Crippen LogP contribution in [0, 0.1) is 17.8 Å². The number of hydrogen-bond acceptors (Lipinski definition) is 4. The summed E-state index contributed by atoms with van der Waals surface area (Å²) in [6, 6.07) is -0.726. The summed E-state index contributed by atoms with van der Waals surface area (Å²) in [4.78, 5) is 24.3. The zero-order valence-electron chi connectivity index (χ0n) is 17.6. The van der Waals surface area contributed by atoms with Crippen LogP contribution < -0.4 is 0 Å². The van der Waals surface area contributed by atoms with E-state index in [1.807, 2.05) is 13.8 Å². The number of ether oxygens (including phenoxy) is 1. The topological polar surface area (TPSA) is 66.8 Å². The second-order valence-electron chi connectivity index (χ2n) is 7.48. The van der Waals surface area contributed by atoms with Gasteiger partial charge in [-0.25, -0.2) is 0 Å². The molecule has 0 aromatic rings. The number of aliphatic hydroxyl groups excluding tert-OH is 1. The van der Waals surface area contributed by atoms with Crippen LogP contribution in [0.15, 0.2) is 12.2 Å². The highest BCUT2D eigenvalue weighted by Crippen LogP contribution is 2.34. The first-order valence-electron chi connectivity index (χ1n) is 10.3. The van der Waals surface area contributed by atoms with E-state index in [1.54, 1.807) is 0 Å². The minimum absolute atomic E-state index is 0.119. The van der Waals surface area contributed by atoms with E-state index >= 15 is 0 Å². The third kappa shape index (κ3) is 8.53. The molecule has 1 rings (SSSR count). The normalized spacial score (nSPS) is 20.4. The summed E-state index contributed by atoms with van der Waals surface area (Å²) in [5.41, 5.74) is 0. The van der Waals surface area contributed by atoms with E-state index in [0.717, 1.165) is 19.3 Å². The van der Waals surface area contributed by atoms with Gasteiger partial charge in [-0.15, -0.1) is 11.8 Å². The molecule has 1 N–H and O–H groups in total. The molecule has 1 heterocycles. The molecule has 3 atom stereocenters. The van der Waals surface area contributed by atoms with Gasteiger partial charge >= 0.3 is 11.9 Å². The number of unbranched alkanes of at least 4 members (excludes halogenated alkanes) is 3. The maximum Gasteiger partial charge on any atom is 0.327 e. The monoisotopic (exact) mass is 413 g/mol. The first kappa shape index (κ1) is 25.1. The molecule has 0 aromatic carbocycles. The number of halogens is 2.